The summed E-state index contributed by atoms with van der Waals surface area (Å²) in [6, 6.07) is 13.1. The molecule has 5 nitrogen and oxygen atoms in total. The lowest BCUT2D eigenvalue weighted by Crippen LogP contribution is -2.56. The molecule has 3 aliphatic rings. The molecule has 0 bridgehead atoms. The van der Waals surface area contributed by atoms with Crippen molar-refractivity contribution in [1.29, 1.82) is 5.26 Å². The van der Waals surface area contributed by atoms with Crippen LogP contribution in [0.3, 0.4) is 0 Å². The summed E-state index contributed by atoms with van der Waals surface area (Å²) in [6.45, 7) is 7.67. The van der Waals surface area contributed by atoms with Gasteiger partial charge in [0.2, 0.25) is 0 Å². The second kappa shape index (κ2) is 7.48. The molecule has 0 N–H and O–H groups in total. The zero-order chi connectivity index (χ0) is 20.7. The zero-order valence-corrected chi connectivity index (χ0v) is 17.2. The Hall–Kier alpha value is -2.78. The Kier molecular flexibility index (Phi) is 4.79. The number of para-hydroxylation sites is 1. The van der Waals surface area contributed by atoms with Crippen LogP contribution in [0, 0.1) is 17.1 Å². The second-order valence-electron chi connectivity index (χ2n) is 8.65. The Balaban J connectivity index is 1.23. The van der Waals surface area contributed by atoms with Crippen molar-refractivity contribution in [2.24, 2.45) is 0 Å². The van der Waals surface area contributed by atoms with Gasteiger partial charge in [0.25, 0.3) is 0 Å². The van der Waals surface area contributed by atoms with Crippen LogP contribution >= 0.6 is 0 Å². The van der Waals surface area contributed by atoms with Crippen molar-refractivity contribution in [2.75, 3.05) is 44.3 Å². The van der Waals surface area contributed by atoms with Crippen LogP contribution in [0.1, 0.15) is 30.9 Å². The van der Waals surface area contributed by atoms with E-state index < -0.39 is 5.82 Å². The number of hydrogen-bond donors (Lipinski definition) is 0. The summed E-state index contributed by atoms with van der Waals surface area (Å²) in [4.78, 5) is 5.10. The average Bonchev–Trinajstić information content (AvgIpc) is 3.02. The number of nitrogens with zero attached hydrogens (tertiary/aromatic N) is 3. The molecule has 1 unspecified atom stereocenters. The Morgan fingerprint density at radius 1 is 1.30 bits per heavy atom. The molecule has 156 valence electrons. The molecule has 30 heavy (non-hydrogen) atoms. The molecule has 0 amide bonds. The van der Waals surface area contributed by atoms with Crippen LogP contribution in [-0.4, -0.2) is 50.3 Å². The first-order valence-electron chi connectivity index (χ1n) is 10.7. The summed E-state index contributed by atoms with van der Waals surface area (Å²) in [7, 11) is 0. The zero-order valence-electron chi connectivity index (χ0n) is 17.2. The molecule has 0 radical (unpaired) electrons. The summed E-state index contributed by atoms with van der Waals surface area (Å²) in [6.07, 6.45) is 2.00. The van der Waals surface area contributed by atoms with E-state index in [0.717, 1.165) is 51.4 Å². The summed E-state index contributed by atoms with van der Waals surface area (Å²) in [5, 5.41) is 9.15. The molecule has 2 aromatic carbocycles. The van der Waals surface area contributed by atoms with Gasteiger partial charge in [-0.15, -0.1) is 0 Å². The van der Waals surface area contributed by atoms with E-state index in [0.29, 0.717) is 18.4 Å². The van der Waals surface area contributed by atoms with E-state index in [4.69, 9.17) is 14.7 Å². The lowest BCUT2D eigenvalue weighted by atomic mass is 9.74. The summed E-state index contributed by atoms with van der Waals surface area (Å²) < 4.78 is 25.0. The van der Waals surface area contributed by atoms with Crippen molar-refractivity contribution in [1.82, 2.24) is 4.90 Å². The van der Waals surface area contributed by atoms with E-state index >= 15 is 0 Å². The molecule has 1 fully saturated rings. The second-order valence-corrected chi connectivity index (χ2v) is 8.65. The van der Waals surface area contributed by atoms with Crippen molar-refractivity contribution in [3.63, 3.8) is 0 Å². The summed E-state index contributed by atoms with van der Waals surface area (Å²) in [5.41, 5.74) is 3.07. The van der Waals surface area contributed by atoms with E-state index in [1.54, 1.807) is 0 Å². The van der Waals surface area contributed by atoms with Gasteiger partial charge in [0.1, 0.15) is 30.0 Å². The first kappa shape index (κ1) is 19.2. The van der Waals surface area contributed by atoms with E-state index in [1.165, 1.54) is 29.4 Å². The number of rotatable bonds is 5. The number of likely N-dealkylation sites (tertiary alicyclic amines) is 1. The first-order valence-corrected chi connectivity index (χ1v) is 10.7. The van der Waals surface area contributed by atoms with Crippen molar-refractivity contribution < 1.29 is 13.9 Å². The third-order valence-electron chi connectivity index (χ3n) is 6.81. The minimum Gasteiger partial charge on any atom is -0.492 e. The predicted octanol–water partition coefficient (Wildman–Crippen LogP) is 3.71. The molecule has 1 saturated heterocycles. The molecule has 6 heteroatoms. The Morgan fingerprint density at radius 3 is 3.07 bits per heavy atom. The minimum absolute atomic E-state index is 0.100. The van der Waals surface area contributed by atoms with Gasteiger partial charge in [0, 0.05) is 31.1 Å². The van der Waals surface area contributed by atoms with Crippen LogP contribution in [0.2, 0.25) is 0 Å². The molecule has 3 heterocycles. The predicted molar refractivity (Wildman–Crippen MR) is 113 cm³/mol. The van der Waals surface area contributed by atoms with Crippen LogP contribution < -0.4 is 14.4 Å². The number of nitriles is 1. The number of ether oxygens (including phenoxy) is 2. The number of halogens is 1. The minimum atomic E-state index is -0.418. The maximum atomic E-state index is 13.3. The van der Waals surface area contributed by atoms with E-state index in [2.05, 4.69) is 34.9 Å². The van der Waals surface area contributed by atoms with Gasteiger partial charge >= 0.3 is 0 Å². The van der Waals surface area contributed by atoms with Crippen molar-refractivity contribution in [3.8, 4) is 17.6 Å². The molecule has 2 aromatic rings. The first-order chi connectivity index (χ1) is 14.6. The molecule has 0 aromatic heterocycles. The molecule has 0 spiro atoms. The fraction of sp³-hybridized carbons (Fsp3) is 0.458. The maximum Gasteiger partial charge on any atom is 0.143 e. The van der Waals surface area contributed by atoms with Gasteiger partial charge in [0.05, 0.1) is 24.4 Å². The van der Waals surface area contributed by atoms with Gasteiger partial charge < -0.3 is 19.3 Å². The largest absolute Gasteiger partial charge is 0.492 e. The third-order valence-corrected chi connectivity index (χ3v) is 6.81. The normalized spacial score (nSPS) is 24.6. The molecule has 5 rings (SSSR count). The average molecular weight is 407 g/mol. The van der Waals surface area contributed by atoms with Crippen LogP contribution in [0.5, 0.6) is 11.5 Å². The number of benzene rings is 2. The van der Waals surface area contributed by atoms with Crippen LogP contribution in [0.15, 0.2) is 36.4 Å². The van der Waals surface area contributed by atoms with E-state index in [9.17, 15) is 4.39 Å². The lowest BCUT2D eigenvalue weighted by molar-refractivity contribution is 0.131. The van der Waals surface area contributed by atoms with Gasteiger partial charge in [0.15, 0.2) is 0 Å². The lowest BCUT2D eigenvalue weighted by Gasteiger charge is -2.45. The monoisotopic (exact) mass is 407 g/mol. The van der Waals surface area contributed by atoms with Gasteiger partial charge in [-0.25, -0.2) is 4.39 Å². The fourth-order valence-corrected chi connectivity index (χ4v) is 5.49. The standard InChI is InChI=1S/C24H26FN3O2/c1-24-16-27(9-3-12-29-20-7-6-18(25)14-17(20)15-26)10-8-22(24)28-11-13-30-21-5-2-4-19(24)23(21)28/h2,4-7,14,22H,3,8-13,16H2,1H3/t22?,24-/m1/s1. The molecule has 3 aliphatic heterocycles. The molecule has 0 saturated carbocycles. The van der Waals surface area contributed by atoms with Gasteiger partial charge in [-0.2, -0.15) is 5.26 Å². The van der Waals surface area contributed by atoms with Crippen molar-refractivity contribution >= 4 is 5.69 Å². The van der Waals surface area contributed by atoms with Crippen LogP contribution in [0.4, 0.5) is 10.1 Å². The number of anilines is 1. The van der Waals surface area contributed by atoms with Crippen molar-refractivity contribution in [3.05, 3.63) is 53.3 Å². The molecule has 2 atom stereocenters. The SMILES string of the molecule is C[C@]12CN(CCCOc3ccc(F)cc3C#N)CCC1N1CCOc3cccc2c31. The number of piperidine rings is 1. The summed E-state index contributed by atoms with van der Waals surface area (Å²) in [5.74, 6) is 1.07. The molecular formula is C24H26FN3O2. The topological polar surface area (TPSA) is 48.7 Å². The van der Waals surface area contributed by atoms with Crippen LogP contribution in [0.25, 0.3) is 0 Å². The smallest absolute Gasteiger partial charge is 0.143 e. The van der Waals surface area contributed by atoms with E-state index in [1.807, 2.05) is 6.07 Å². The van der Waals surface area contributed by atoms with Gasteiger partial charge in [-0.1, -0.05) is 19.1 Å². The summed E-state index contributed by atoms with van der Waals surface area (Å²) >= 11 is 0. The highest BCUT2D eigenvalue weighted by Crippen LogP contribution is 2.53. The highest BCUT2D eigenvalue weighted by atomic mass is 19.1. The quantitative estimate of drug-likeness (QED) is 0.708. The molecule has 0 aliphatic carbocycles. The number of fused-ring (bicyclic) bond motifs is 3. The molecular weight excluding hydrogens is 381 g/mol. The van der Waals surface area contributed by atoms with Gasteiger partial charge in [-0.3, -0.25) is 0 Å². The van der Waals surface area contributed by atoms with Gasteiger partial charge in [-0.05, 0) is 42.7 Å². The Morgan fingerprint density at radius 2 is 2.20 bits per heavy atom. The highest BCUT2D eigenvalue weighted by Gasteiger charge is 2.52. The highest BCUT2D eigenvalue weighted by molar-refractivity contribution is 5.73. The van der Waals surface area contributed by atoms with Crippen molar-refractivity contribution in [2.45, 2.75) is 31.2 Å². The maximum absolute atomic E-state index is 13.3. The van der Waals surface area contributed by atoms with E-state index in [-0.39, 0.29) is 11.0 Å². The van der Waals surface area contributed by atoms with Crippen LogP contribution in [-0.2, 0) is 5.41 Å². The number of hydrogen-bond acceptors (Lipinski definition) is 5. The Labute approximate surface area is 176 Å². The third kappa shape index (κ3) is 3.09. The Bertz CT molecular complexity index is 1000. The fourth-order valence-electron chi connectivity index (χ4n) is 5.49.